The number of nitro groups is 1. The van der Waals surface area contributed by atoms with Gasteiger partial charge in [-0.15, -0.1) is 0 Å². The fraction of sp³-hybridized carbons (Fsp3) is 0.154. The van der Waals surface area contributed by atoms with Crippen LogP contribution in [0.1, 0.15) is 5.56 Å². The second-order valence-corrected chi connectivity index (χ2v) is 4.28. The Hall–Kier alpha value is -2.83. The van der Waals surface area contributed by atoms with E-state index in [1.165, 1.54) is 12.1 Å². The molecule has 7 nitrogen and oxygen atoms in total. The molecule has 1 heterocycles. The summed E-state index contributed by atoms with van der Waals surface area (Å²) in [5.74, 6) is 0.427. The third-order valence-electron chi connectivity index (χ3n) is 2.80. The van der Waals surface area contributed by atoms with Crippen molar-refractivity contribution in [2.75, 3.05) is 23.3 Å². The molecule has 20 heavy (non-hydrogen) atoms. The zero-order valence-electron chi connectivity index (χ0n) is 10.7. The van der Waals surface area contributed by atoms with Gasteiger partial charge >= 0.3 is 5.69 Å². The molecule has 2 aromatic rings. The van der Waals surface area contributed by atoms with Gasteiger partial charge in [0.25, 0.3) is 0 Å². The largest absolute Gasteiger partial charge is 0.399 e. The summed E-state index contributed by atoms with van der Waals surface area (Å²) >= 11 is 0. The van der Waals surface area contributed by atoms with E-state index < -0.39 is 4.92 Å². The topological polar surface area (TPSA) is 120 Å². The molecule has 0 spiro atoms. The Morgan fingerprint density at radius 1 is 1.15 bits per heavy atom. The molecule has 0 bridgehead atoms. The van der Waals surface area contributed by atoms with Gasteiger partial charge in [0.2, 0.25) is 5.82 Å². The smallest absolute Gasteiger partial charge is 0.311 e. The lowest BCUT2D eigenvalue weighted by Crippen LogP contribution is -2.08. The number of anilines is 3. The Labute approximate surface area is 115 Å². The van der Waals surface area contributed by atoms with Gasteiger partial charge in [0.05, 0.1) is 4.92 Å². The molecule has 0 saturated carbocycles. The molecule has 0 unspecified atom stereocenters. The number of benzene rings is 1. The van der Waals surface area contributed by atoms with Crippen LogP contribution in [0, 0.1) is 10.1 Å². The summed E-state index contributed by atoms with van der Waals surface area (Å²) in [5, 5.41) is 13.7. The SMILES string of the molecule is Nc1ccc(CCNc2ccc([N+](=O)[O-])c(N)n2)cc1. The Balaban J connectivity index is 1.92. The molecule has 104 valence electrons. The predicted molar refractivity (Wildman–Crippen MR) is 78.4 cm³/mol. The van der Waals surface area contributed by atoms with E-state index in [4.69, 9.17) is 11.5 Å². The van der Waals surface area contributed by atoms with Crippen LogP contribution in [-0.4, -0.2) is 16.5 Å². The predicted octanol–water partition coefficient (Wildman–Crippen LogP) is 1.81. The third kappa shape index (κ3) is 3.35. The minimum atomic E-state index is -0.555. The van der Waals surface area contributed by atoms with Crippen LogP contribution >= 0.6 is 0 Å². The molecule has 0 aliphatic rings. The molecule has 0 aliphatic carbocycles. The van der Waals surface area contributed by atoms with Crippen LogP contribution in [0.4, 0.5) is 23.0 Å². The highest BCUT2D eigenvalue weighted by atomic mass is 16.6. The van der Waals surface area contributed by atoms with Crippen LogP contribution in [0.2, 0.25) is 0 Å². The number of nitrogen functional groups attached to an aromatic ring is 2. The van der Waals surface area contributed by atoms with Crippen LogP contribution in [0.15, 0.2) is 36.4 Å². The zero-order chi connectivity index (χ0) is 14.5. The number of nitrogens with zero attached hydrogens (tertiary/aromatic N) is 2. The lowest BCUT2D eigenvalue weighted by molar-refractivity contribution is -0.384. The number of nitrogens with one attached hydrogen (secondary N) is 1. The first kappa shape index (κ1) is 13.6. The number of pyridine rings is 1. The summed E-state index contributed by atoms with van der Waals surface area (Å²) in [6.45, 7) is 0.647. The molecule has 2 rings (SSSR count). The van der Waals surface area contributed by atoms with Crippen LogP contribution in [-0.2, 0) is 6.42 Å². The van der Waals surface area contributed by atoms with E-state index in [1.54, 1.807) is 0 Å². The summed E-state index contributed by atoms with van der Waals surface area (Å²) in [6.07, 6.45) is 0.791. The Morgan fingerprint density at radius 3 is 2.45 bits per heavy atom. The average Bonchev–Trinajstić information content (AvgIpc) is 2.41. The molecule has 5 N–H and O–H groups in total. The van der Waals surface area contributed by atoms with E-state index in [0.717, 1.165) is 17.7 Å². The fourth-order valence-corrected chi connectivity index (χ4v) is 1.74. The summed E-state index contributed by atoms with van der Waals surface area (Å²) in [5.41, 5.74) is 12.8. The van der Waals surface area contributed by atoms with Gasteiger partial charge in [-0.3, -0.25) is 10.1 Å². The van der Waals surface area contributed by atoms with E-state index >= 15 is 0 Å². The van der Waals surface area contributed by atoms with Crippen molar-refractivity contribution in [2.45, 2.75) is 6.42 Å². The first-order chi connectivity index (χ1) is 9.56. The van der Waals surface area contributed by atoms with Gasteiger partial charge in [0.1, 0.15) is 5.82 Å². The normalized spacial score (nSPS) is 10.2. The van der Waals surface area contributed by atoms with Gasteiger partial charge in [-0.05, 0) is 30.2 Å². The lowest BCUT2D eigenvalue weighted by atomic mass is 10.1. The molecular weight excluding hydrogens is 258 g/mol. The summed E-state index contributed by atoms with van der Waals surface area (Å²) in [6, 6.07) is 10.5. The molecule has 0 atom stereocenters. The van der Waals surface area contributed by atoms with Gasteiger partial charge in [-0.2, -0.15) is 0 Å². The quantitative estimate of drug-likeness (QED) is 0.434. The molecule has 0 fully saturated rings. The van der Waals surface area contributed by atoms with Gasteiger partial charge in [-0.25, -0.2) is 4.98 Å². The van der Waals surface area contributed by atoms with Gasteiger partial charge in [-0.1, -0.05) is 12.1 Å². The molecule has 1 aromatic heterocycles. The van der Waals surface area contributed by atoms with Crippen molar-refractivity contribution >= 4 is 23.0 Å². The van der Waals surface area contributed by atoms with E-state index in [1.807, 2.05) is 24.3 Å². The summed E-state index contributed by atoms with van der Waals surface area (Å²) in [7, 11) is 0. The number of aromatic nitrogens is 1. The van der Waals surface area contributed by atoms with Gasteiger partial charge in [0, 0.05) is 18.3 Å². The van der Waals surface area contributed by atoms with E-state index in [2.05, 4.69) is 10.3 Å². The lowest BCUT2D eigenvalue weighted by Gasteiger charge is -2.06. The minimum Gasteiger partial charge on any atom is -0.399 e. The summed E-state index contributed by atoms with van der Waals surface area (Å²) in [4.78, 5) is 14.0. The molecule has 0 amide bonds. The van der Waals surface area contributed by atoms with Crippen molar-refractivity contribution in [1.82, 2.24) is 4.98 Å². The first-order valence-corrected chi connectivity index (χ1v) is 6.05. The van der Waals surface area contributed by atoms with Crippen molar-refractivity contribution in [3.63, 3.8) is 0 Å². The highest BCUT2D eigenvalue weighted by Gasteiger charge is 2.12. The van der Waals surface area contributed by atoms with Crippen LogP contribution in [0.5, 0.6) is 0 Å². The first-order valence-electron chi connectivity index (χ1n) is 6.05. The molecule has 7 heteroatoms. The third-order valence-corrected chi connectivity index (χ3v) is 2.80. The standard InChI is InChI=1S/C13H15N5O2/c14-10-3-1-9(2-4-10)7-8-16-12-6-5-11(18(19)20)13(15)17-12/h1-6H,7-8,14H2,(H3,15,16,17). The van der Waals surface area contributed by atoms with Gasteiger partial charge < -0.3 is 16.8 Å². The number of hydrogen-bond acceptors (Lipinski definition) is 6. The highest BCUT2D eigenvalue weighted by Crippen LogP contribution is 2.20. The van der Waals surface area contributed by atoms with Crippen LogP contribution in [0.3, 0.4) is 0 Å². The monoisotopic (exact) mass is 273 g/mol. The van der Waals surface area contributed by atoms with E-state index in [0.29, 0.717) is 12.4 Å². The highest BCUT2D eigenvalue weighted by molar-refractivity contribution is 5.57. The molecule has 1 aromatic carbocycles. The van der Waals surface area contributed by atoms with Crippen LogP contribution in [0.25, 0.3) is 0 Å². The average molecular weight is 273 g/mol. The second kappa shape index (κ2) is 5.87. The zero-order valence-corrected chi connectivity index (χ0v) is 10.7. The molecule has 0 aliphatic heterocycles. The van der Waals surface area contributed by atoms with E-state index in [9.17, 15) is 10.1 Å². The van der Waals surface area contributed by atoms with Crippen molar-refractivity contribution < 1.29 is 4.92 Å². The number of hydrogen-bond donors (Lipinski definition) is 3. The Kier molecular flexibility index (Phi) is 3.99. The minimum absolute atomic E-state index is 0.0903. The van der Waals surface area contributed by atoms with Crippen molar-refractivity contribution in [3.8, 4) is 0 Å². The fourth-order valence-electron chi connectivity index (χ4n) is 1.74. The van der Waals surface area contributed by atoms with E-state index in [-0.39, 0.29) is 11.5 Å². The maximum absolute atomic E-state index is 10.6. The van der Waals surface area contributed by atoms with Crippen molar-refractivity contribution in [2.24, 2.45) is 0 Å². The van der Waals surface area contributed by atoms with Crippen molar-refractivity contribution in [3.05, 3.63) is 52.1 Å². The number of nitrogens with two attached hydrogens (primary N) is 2. The maximum atomic E-state index is 10.6. The van der Waals surface area contributed by atoms with Crippen molar-refractivity contribution in [1.29, 1.82) is 0 Å². The maximum Gasteiger partial charge on any atom is 0.311 e. The van der Waals surface area contributed by atoms with Crippen LogP contribution < -0.4 is 16.8 Å². The van der Waals surface area contributed by atoms with Gasteiger partial charge in [0.15, 0.2) is 0 Å². The second-order valence-electron chi connectivity index (χ2n) is 4.28. The molecule has 0 saturated heterocycles. The summed E-state index contributed by atoms with van der Waals surface area (Å²) < 4.78 is 0. The Morgan fingerprint density at radius 2 is 1.85 bits per heavy atom. The molecular formula is C13H15N5O2. The molecule has 0 radical (unpaired) electrons. The Bertz CT molecular complexity index is 613. The number of rotatable bonds is 5.